The van der Waals surface area contributed by atoms with E-state index in [4.69, 9.17) is 5.73 Å². The molecular weight excluding hydrogens is 292 g/mol. The summed E-state index contributed by atoms with van der Waals surface area (Å²) in [5.41, 5.74) is 4.42. The standard InChI is InChI=1S/C17H28N4O2/c18-12-17(9-10-20-13-17)21(11-8-15(19)22)16(23)7-6-14-4-2-1-3-5-14/h14,20H,1-11,13H2,(H2,19,22). The summed E-state index contributed by atoms with van der Waals surface area (Å²) >= 11 is 0. The largest absolute Gasteiger partial charge is 0.370 e. The summed E-state index contributed by atoms with van der Waals surface area (Å²) in [6, 6.07) is 2.31. The third kappa shape index (κ3) is 4.68. The van der Waals surface area contributed by atoms with Crippen LogP contribution in [-0.4, -0.2) is 41.9 Å². The van der Waals surface area contributed by atoms with Crippen molar-refractivity contribution in [3.8, 4) is 6.07 Å². The van der Waals surface area contributed by atoms with E-state index in [9.17, 15) is 14.9 Å². The van der Waals surface area contributed by atoms with Gasteiger partial charge in [-0.2, -0.15) is 5.26 Å². The van der Waals surface area contributed by atoms with Gasteiger partial charge in [0.15, 0.2) is 0 Å². The molecule has 23 heavy (non-hydrogen) atoms. The van der Waals surface area contributed by atoms with Crippen LogP contribution in [-0.2, 0) is 9.59 Å². The second-order valence-electron chi connectivity index (χ2n) is 6.87. The molecule has 6 heteroatoms. The molecule has 1 aliphatic carbocycles. The van der Waals surface area contributed by atoms with E-state index < -0.39 is 11.4 Å². The van der Waals surface area contributed by atoms with Gasteiger partial charge in [0, 0.05) is 25.9 Å². The van der Waals surface area contributed by atoms with Crippen LogP contribution in [0.25, 0.3) is 0 Å². The lowest BCUT2D eigenvalue weighted by molar-refractivity contribution is -0.136. The van der Waals surface area contributed by atoms with Gasteiger partial charge in [-0.25, -0.2) is 0 Å². The number of nitriles is 1. The van der Waals surface area contributed by atoms with Crippen LogP contribution < -0.4 is 11.1 Å². The minimum Gasteiger partial charge on any atom is -0.370 e. The SMILES string of the molecule is N#CC1(N(CCC(N)=O)C(=O)CCC2CCCCC2)CCNC1. The number of amides is 2. The van der Waals surface area contributed by atoms with Crippen molar-refractivity contribution in [1.29, 1.82) is 5.26 Å². The van der Waals surface area contributed by atoms with Crippen molar-refractivity contribution >= 4 is 11.8 Å². The quantitative estimate of drug-likeness (QED) is 0.738. The van der Waals surface area contributed by atoms with E-state index in [1.54, 1.807) is 4.90 Å². The van der Waals surface area contributed by atoms with Crippen molar-refractivity contribution in [3.63, 3.8) is 0 Å². The Kier molecular flexibility index (Phi) is 6.40. The third-order valence-electron chi connectivity index (χ3n) is 5.23. The molecule has 2 rings (SSSR count). The number of carbonyl (C=O) groups excluding carboxylic acids is 2. The van der Waals surface area contributed by atoms with Crippen molar-refractivity contribution in [2.75, 3.05) is 19.6 Å². The summed E-state index contributed by atoms with van der Waals surface area (Å²) in [6.07, 6.45) is 8.31. The van der Waals surface area contributed by atoms with Gasteiger partial charge >= 0.3 is 0 Å². The maximum Gasteiger partial charge on any atom is 0.223 e. The van der Waals surface area contributed by atoms with Crippen LogP contribution in [0.15, 0.2) is 0 Å². The van der Waals surface area contributed by atoms with Crippen LogP contribution in [0.1, 0.15) is 57.8 Å². The Morgan fingerprint density at radius 1 is 1.26 bits per heavy atom. The van der Waals surface area contributed by atoms with Gasteiger partial charge in [0.1, 0.15) is 5.54 Å². The van der Waals surface area contributed by atoms with E-state index in [1.807, 2.05) is 0 Å². The maximum atomic E-state index is 12.7. The molecule has 1 aliphatic heterocycles. The van der Waals surface area contributed by atoms with Crippen LogP contribution in [0.5, 0.6) is 0 Å². The van der Waals surface area contributed by atoms with E-state index in [2.05, 4.69) is 11.4 Å². The van der Waals surface area contributed by atoms with Crippen LogP contribution in [0.3, 0.4) is 0 Å². The van der Waals surface area contributed by atoms with Gasteiger partial charge in [-0.1, -0.05) is 32.1 Å². The highest BCUT2D eigenvalue weighted by Gasteiger charge is 2.42. The first-order chi connectivity index (χ1) is 11.1. The lowest BCUT2D eigenvalue weighted by atomic mass is 9.85. The summed E-state index contributed by atoms with van der Waals surface area (Å²) in [6.45, 7) is 1.43. The fourth-order valence-corrected chi connectivity index (χ4v) is 3.80. The Labute approximate surface area is 138 Å². The normalized spacial score (nSPS) is 25.0. The highest BCUT2D eigenvalue weighted by Crippen LogP contribution is 2.29. The van der Waals surface area contributed by atoms with Gasteiger partial charge in [0.2, 0.25) is 11.8 Å². The number of carbonyl (C=O) groups is 2. The predicted octanol–water partition coefficient (Wildman–Crippen LogP) is 1.31. The molecule has 2 fully saturated rings. The summed E-state index contributed by atoms with van der Waals surface area (Å²) in [5, 5.41) is 12.8. The number of nitrogens with two attached hydrogens (primary N) is 1. The average molecular weight is 320 g/mol. The van der Waals surface area contributed by atoms with Gasteiger partial charge in [-0.05, 0) is 25.3 Å². The monoisotopic (exact) mass is 320 g/mol. The molecule has 1 atom stereocenters. The maximum absolute atomic E-state index is 12.7. The van der Waals surface area contributed by atoms with E-state index in [1.165, 1.54) is 32.1 Å². The highest BCUT2D eigenvalue weighted by atomic mass is 16.2. The number of hydrogen-bond acceptors (Lipinski definition) is 4. The summed E-state index contributed by atoms with van der Waals surface area (Å²) in [4.78, 5) is 25.5. The Hall–Kier alpha value is -1.61. The molecule has 1 saturated carbocycles. The first kappa shape index (κ1) is 17.7. The fourth-order valence-electron chi connectivity index (χ4n) is 3.80. The molecule has 0 spiro atoms. The van der Waals surface area contributed by atoms with Crippen LogP contribution in [0.2, 0.25) is 0 Å². The van der Waals surface area contributed by atoms with Crippen molar-refractivity contribution in [2.45, 2.75) is 63.3 Å². The van der Waals surface area contributed by atoms with E-state index in [0.717, 1.165) is 13.0 Å². The molecule has 0 aromatic heterocycles. The predicted molar refractivity (Wildman–Crippen MR) is 87.2 cm³/mol. The molecule has 6 nitrogen and oxygen atoms in total. The molecule has 1 saturated heterocycles. The van der Waals surface area contributed by atoms with Crippen molar-refractivity contribution in [3.05, 3.63) is 0 Å². The Morgan fingerprint density at radius 3 is 2.57 bits per heavy atom. The number of nitrogens with zero attached hydrogens (tertiary/aromatic N) is 2. The fraction of sp³-hybridized carbons (Fsp3) is 0.824. The van der Waals surface area contributed by atoms with Crippen LogP contribution >= 0.6 is 0 Å². The number of nitrogens with one attached hydrogen (secondary N) is 1. The topological polar surface area (TPSA) is 99.2 Å². The van der Waals surface area contributed by atoms with Crippen LogP contribution in [0.4, 0.5) is 0 Å². The number of hydrogen-bond donors (Lipinski definition) is 2. The number of rotatable bonds is 7. The van der Waals surface area contributed by atoms with Gasteiger partial charge in [-0.3, -0.25) is 9.59 Å². The lowest BCUT2D eigenvalue weighted by Crippen LogP contribution is -2.53. The highest BCUT2D eigenvalue weighted by molar-refractivity contribution is 5.79. The van der Waals surface area contributed by atoms with Gasteiger partial charge in [0.25, 0.3) is 0 Å². The zero-order valence-corrected chi connectivity index (χ0v) is 13.9. The zero-order chi connectivity index (χ0) is 16.7. The first-order valence-electron chi connectivity index (χ1n) is 8.78. The van der Waals surface area contributed by atoms with Gasteiger partial charge in [-0.15, -0.1) is 0 Å². The summed E-state index contributed by atoms with van der Waals surface area (Å²) in [7, 11) is 0. The molecular formula is C17H28N4O2. The minimum absolute atomic E-state index is 0.0120. The molecule has 128 valence electrons. The van der Waals surface area contributed by atoms with E-state index >= 15 is 0 Å². The van der Waals surface area contributed by atoms with Crippen LogP contribution in [0, 0.1) is 17.2 Å². The molecule has 3 N–H and O–H groups in total. The van der Waals surface area contributed by atoms with E-state index in [0.29, 0.717) is 25.3 Å². The summed E-state index contributed by atoms with van der Waals surface area (Å²) < 4.78 is 0. The third-order valence-corrected chi connectivity index (χ3v) is 5.23. The lowest BCUT2D eigenvalue weighted by Gasteiger charge is -2.35. The Morgan fingerprint density at radius 2 is 2.00 bits per heavy atom. The molecule has 2 amide bonds. The summed E-state index contributed by atoms with van der Waals surface area (Å²) in [5.74, 6) is 0.182. The molecule has 0 bridgehead atoms. The van der Waals surface area contributed by atoms with Gasteiger partial charge < -0.3 is 16.0 Å². The molecule has 1 unspecified atom stereocenters. The number of primary amides is 1. The Bertz CT molecular complexity index is 460. The second-order valence-corrected chi connectivity index (χ2v) is 6.87. The zero-order valence-electron chi connectivity index (χ0n) is 13.9. The Balaban J connectivity index is 1.98. The molecule has 1 heterocycles. The average Bonchev–Trinajstić information content (AvgIpc) is 3.04. The van der Waals surface area contributed by atoms with Gasteiger partial charge in [0.05, 0.1) is 6.07 Å². The first-order valence-corrected chi connectivity index (χ1v) is 8.78. The minimum atomic E-state index is -0.820. The molecule has 0 aromatic carbocycles. The molecule has 0 aromatic rings. The van der Waals surface area contributed by atoms with Crippen molar-refractivity contribution in [2.24, 2.45) is 11.7 Å². The van der Waals surface area contributed by atoms with Crippen molar-refractivity contribution < 1.29 is 9.59 Å². The smallest absolute Gasteiger partial charge is 0.223 e. The second kappa shape index (κ2) is 8.30. The van der Waals surface area contributed by atoms with Crippen molar-refractivity contribution in [1.82, 2.24) is 10.2 Å². The molecule has 2 aliphatic rings. The molecule has 0 radical (unpaired) electrons. The van der Waals surface area contributed by atoms with E-state index in [-0.39, 0.29) is 18.9 Å².